The molecule has 1 atom stereocenters. The summed E-state index contributed by atoms with van der Waals surface area (Å²) in [7, 11) is -3.61. The van der Waals surface area contributed by atoms with Crippen molar-refractivity contribution >= 4 is 21.9 Å². The van der Waals surface area contributed by atoms with E-state index in [0.29, 0.717) is 19.0 Å². The molecule has 162 valence electrons. The number of sulfonamides is 1. The van der Waals surface area contributed by atoms with Crippen LogP contribution >= 0.6 is 0 Å². The van der Waals surface area contributed by atoms with E-state index < -0.39 is 22.6 Å². The number of amides is 1. The summed E-state index contributed by atoms with van der Waals surface area (Å²) in [5, 5.41) is 2.81. The van der Waals surface area contributed by atoms with Crippen molar-refractivity contribution in [3.8, 4) is 0 Å². The highest BCUT2D eigenvalue weighted by molar-refractivity contribution is 7.89. The fourth-order valence-electron chi connectivity index (χ4n) is 3.30. The molecular weight excluding hydrogens is 392 g/mol. The van der Waals surface area contributed by atoms with Crippen molar-refractivity contribution < 1.29 is 22.7 Å². The topological polar surface area (TPSA) is 92.8 Å². The molecule has 1 aromatic rings. The number of esters is 1. The molecule has 1 saturated heterocycles. The molecule has 0 bridgehead atoms. The minimum atomic E-state index is -3.61. The Morgan fingerprint density at radius 1 is 1.14 bits per heavy atom. The molecule has 1 aromatic carbocycles. The van der Waals surface area contributed by atoms with Gasteiger partial charge in [0.25, 0.3) is 5.91 Å². The Labute approximate surface area is 173 Å². The van der Waals surface area contributed by atoms with Crippen molar-refractivity contribution in [3.63, 3.8) is 0 Å². The smallest absolute Gasteiger partial charge is 0.338 e. The maximum atomic E-state index is 12.6. The zero-order valence-corrected chi connectivity index (χ0v) is 18.3. The Hall–Kier alpha value is -1.93. The normalized spacial score (nSPS) is 16.0. The lowest BCUT2D eigenvalue weighted by Crippen LogP contribution is -2.35. The Morgan fingerprint density at radius 3 is 2.48 bits per heavy atom. The third-order valence-corrected chi connectivity index (χ3v) is 6.83. The Kier molecular flexibility index (Phi) is 8.64. The van der Waals surface area contributed by atoms with E-state index in [1.54, 1.807) is 0 Å². The fourth-order valence-corrected chi connectivity index (χ4v) is 4.86. The quantitative estimate of drug-likeness (QED) is 0.583. The minimum absolute atomic E-state index is 0.00823. The SMILES string of the molecule is CC(C)CCCC(C)NC(=O)COC(=O)c1cccc(S(=O)(=O)N2CCCC2)c1. The number of nitrogens with zero attached hydrogens (tertiary/aromatic N) is 1. The summed E-state index contributed by atoms with van der Waals surface area (Å²) >= 11 is 0. The molecule has 7 nitrogen and oxygen atoms in total. The van der Waals surface area contributed by atoms with E-state index in [0.717, 1.165) is 32.1 Å². The van der Waals surface area contributed by atoms with E-state index in [1.165, 1.54) is 28.6 Å². The minimum Gasteiger partial charge on any atom is -0.452 e. The summed E-state index contributed by atoms with van der Waals surface area (Å²) in [5.74, 6) is -0.453. The lowest BCUT2D eigenvalue weighted by atomic mass is 10.0. The van der Waals surface area contributed by atoms with Crippen LogP contribution in [0, 0.1) is 5.92 Å². The fraction of sp³-hybridized carbons (Fsp3) is 0.619. The van der Waals surface area contributed by atoms with E-state index in [9.17, 15) is 18.0 Å². The van der Waals surface area contributed by atoms with Crippen molar-refractivity contribution in [2.24, 2.45) is 5.92 Å². The van der Waals surface area contributed by atoms with Crippen molar-refractivity contribution in [2.45, 2.75) is 63.8 Å². The summed E-state index contributed by atoms with van der Waals surface area (Å²) in [4.78, 5) is 24.3. The summed E-state index contributed by atoms with van der Waals surface area (Å²) < 4.78 is 31.8. The van der Waals surface area contributed by atoms with E-state index >= 15 is 0 Å². The van der Waals surface area contributed by atoms with Gasteiger partial charge in [0.05, 0.1) is 10.5 Å². The van der Waals surface area contributed by atoms with Crippen LogP contribution in [0.25, 0.3) is 0 Å². The average molecular weight is 425 g/mol. The lowest BCUT2D eigenvalue weighted by molar-refractivity contribution is -0.124. The molecule has 1 heterocycles. The van der Waals surface area contributed by atoms with Gasteiger partial charge in [0.2, 0.25) is 10.0 Å². The second-order valence-corrected chi connectivity index (χ2v) is 9.95. The van der Waals surface area contributed by atoms with Gasteiger partial charge in [-0.05, 0) is 50.3 Å². The molecule has 1 N–H and O–H groups in total. The molecule has 1 aliphatic heterocycles. The van der Waals surface area contributed by atoms with Gasteiger partial charge in [-0.25, -0.2) is 13.2 Å². The first-order chi connectivity index (χ1) is 13.7. The van der Waals surface area contributed by atoms with Crippen LogP contribution in [-0.2, 0) is 19.6 Å². The van der Waals surface area contributed by atoms with Gasteiger partial charge >= 0.3 is 5.97 Å². The number of ether oxygens (including phenoxy) is 1. The van der Waals surface area contributed by atoms with Gasteiger partial charge in [-0.15, -0.1) is 0 Å². The number of nitrogens with one attached hydrogen (secondary N) is 1. The molecule has 0 spiro atoms. The zero-order chi connectivity index (χ0) is 21.4. The first-order valence-corrected chi connectivity index (χ1v) is 11.7. The summed E-state index contributed by atoms with van der Waals surface area (Å²) in [6, 6.07) is 5.78. The highest BCUT2D eigenvalue weighted by atomic mass is 32.2. The molecule has 1 fully saturated rings. The number of hydrogen-bond acceptors (Lipinski definition) is 5. The van der Waals surface area contributed by atoms with E-state index in [-0.39, 0.29) is 22.4 Å². The second-order valence-electron chi connectivity index (χ2n) is 8.01. The van der Waals surface area contributed by atoms with Gasteiger partial charge in [0.1, 0.15) is 0 Å². The number of carbonyl (C=O) groups is 2. The molecule has 0 radical (unpaired) electrons. The Balaban J connectivity index is 1.87. The number of hydrogen-bond donors (Lipinski definition) is 1. The molecule has 0 aromatic heterocycles. The highest BCUT2D eigenvalue weighted by Crippen LogP contribution is 2.21. The average Bonchev–Trinajstić information content (AvgIpc) is 3.21. The molecular formula is C21H32N2O5S. The summed E-state index contributed by atoms with van der Waals surface area (Å²) in [6.45, 7) is 6.84. The first-order valence-electron chi connectivity index (χ1n) is 10.3. The summed E-state index contributed by atoms with van der Waals surface area (Å²) in [5.41, 5.74) is 0.114. The van der Waals surface area contributed by atoms with E-state index in [2.05, 4.69) is 19.2 Å². The molecule has 2 rings (SSSR count). The van der Waals surface area contributed by atoms with Crippen LogP contribution in [0.5, 0.6) is 0 Å². The molecule has 29 heavy (non-hydrogen) atoms. The monoisotopic (exact) mass is 424 g/mol. The van der Waals surface area contributed by atoms with Gasteiger partial charge in [0, 0.05) is 19.1 Å². The number of rotatable bonds is 10. The summed E-state index contributed by atoms with van der Waals surface area (Å²) in [6.07, 6.45) is 4.68. The van der Waals surface area contributed by atoms with Gasteiger partial charge < -0.3 is 10.1 Å². The number of carbonyl (C=O) groups excluding carboxylic acids is 2. The molecule has 1 unspecified atom stereocenters. The second kappa shape index (κ2) is 10.7. The van der Waals surface area contributed by atoms with E-state index in [1.807, 2.05) is 6.92 Å². The highest BCUT2D eigenvalue weighted by Gasteiger charge is 2.27. The van der Waals surface area contributed by atoms with Crippen LogP contribution in [0.2, 0.25) is 0 Å². The van der Waals surface area contributed by atoms with Crippen LogP contribution < -0.4 is 5.32 Å². The van der Waals surface area contributed by atoms with Crippen molar-refractivity contribution in [1.29, 1.82) is 0 Å². The predicted molar refractivity (Wildman–Crippen MR) is 111 cm³/mol. The molecule has 0 saturated carbocycles. The van der Waals surface area contributed by atoms with Gasteiger partial charge in [0.15, 0.2) is 6.61 Å². The molecule has 1 amide bonds. The predicted octanol–water partition coefficient (Wildman–Crippen LogP) is 2.96. The first kappa shape index (κ1) is 23.3. The molecule has 0 aliphatic carbocycles. The Morgan fingerprint density at radius 2 is 1.83 bits per heavy atom. The standard InChI is InChI=1S/C21H32N2O5S/c1-16(2)8-6-9-17(3)22-20(24)15-28-21(25)18-10-7-11-19(14-18)29(26,27)23-12-4-5-13-23/h7,10-11,14,16-17H,4-6,8-9,12-13,15H2,1-3H3,(H,22,24). The largest absolute Gasteiger partial charge is 0.452 e. The zero-order valence-electron chi connectivity index (χ0n) is 17.5. The maximum Gasteiger partial charge on any atom is 0.338 e. The van der Waals surface area contributed by atoms with Crippen LogP contribution in [-0.4, -0.2) is 50.3 Å². The van der Waals surface area contributed by atoms with Crippen LogP contribution in [0.3, 0.4) is 0 Å². The van der Waals surface area contributed by atoms with Crippen LogP contribution in [0.4, 0.5) is 0 Å². The van der Waals surface area contributed by atoms with Crippen molar-refractivity contribution in [2.75, 3.05) is 19.7 Å². The maximum absolute atomic E-state index is 12.6. The van der Waals surface area contributed by atoms with Crippen molar-refractivity contribution in [1.82, 2.24) is 9.62 Å². The third-order valence-electron chi connectivity index (χ3n) is 4.93. The van der Waals surface area contributed by atoms with Gasteiger partial charge in [-0.1, -0.05) is 32.8 Å². The number of benzene rings is 1. The van der Waals surface area contributed by atoms with Crippen LogP contribution in [0.1, 0.15) is 63.2 Å². The van der Waals surface area contributed by atoms with Crippen molar-refractivity contribution in [3.05, 3.63) is 29.8 Å². The van der Waals surface area contributed by atoms with Gasteiger partial charge in [-0.2, -0.15) is 4.31 Å². The lowest BCUT2D eigenvalue weighted by Gasteiger charge is -2.16. The third kappa shape index (κ3) is 7.12. The van der Waals surface area contributed by atoms with E-state index in [4.69, 9.17) is 4.74 Å². The van der Waals surface area contributed by atoms with Gasteiger partial charge in [-0.3, -0.25) is 4.79 Å². The van der Waals surface area contributed by atoms with Crippen LogP contribution in [0.15, 0.2) is 29.2 Å². The molecule has 8 heteroatoms. The molecule has 1 aliphatic rings. The Bertz CT molecular complexity index is 801.